The summed E-state index contributed by atoms with van der Waals surface area (Å²) in [6, 6.07) is 12.5. The standard InChI is InChI=1S/C28H33ClN4O4/c1-20(2)28-30-13-16-32(28)15-12-27(35)33-14-6-3-7-17-36-24-8-4-5-9-25(24)37-23-11-10-21(29)18-22(23)31-26(34)19-33/h4-5,8-11,13,16,18,20H,3,6-7,12,14-15,17,19H2,1-2H3,(H,31,34). The van der Waals surface area contributed by atoms with Gasteiger partial charge < -0.3 is 24.3 Å². The molecule has 8 nitrogen and oxygen atoms in total. The first-order valence-corrected chi connectivity index (χ1v) is 13.1. The van der Waals surface area contributed by atoms with Crippen molar-refractivity contribution in [1.29, 1.82) is 0 Å². The normalized spacial score (nSPS) is 14.9. The highest BCUT2D eigenvalue weighted by molar-refractivity contribution is 6.31. The van der Waals surface area contributed by atoms with Gasteiger partial charge in [-0.2, -0.15) is 0 Å². The smallest absolute Gasteiger partial charge is 0.244 e. The van der Waals surface area contributed by atoms with Crippen molar-refractivity contribution < 1.29 is 19.1 Å². The molecule has 3 aromatic rings. The van der Waals surface area contributed by atoms with E-state index in [-0.39, 0.29) is 30.7 Å². The third kappa shape index (κ3) is 7.26. The molecule has 2 amide bonds. The van der Waals surface area contributed by atoms with Gasteiger partial charge in [-0.25, -0.2) is 4.98 Å². The number of aromatic nitrogens is 2. The number of aryl methyl sites for hydroxylation is 1. The number of ether oxygens (including phenoxy) is 2. The predicted molar refractivity (Wildman–Crippen MR) is 143 cm³/mol. The number of halogens is 1. The molecule has 0 aliphatic carbocycles. The number of hydrogen-bond donors (Lipinski definition) is 1. The summed E-state index contributed by atoms with van der Waals surface area (Å²) in [5, 5.41) is 3.34. The van der Waals surface area contributed by atoms with Crippen LogP contribution in [0.1, 0.15) is 51.3 Å². The minimum Gasteiger partial charge on any atom is -0.490 e. The average Bonchev–Trinajstić information content (AvgIpc) is 3.35. The summed E-state index contributed by atoms with van der Waals surface area (Å²) in [4.78, 5) is 32.3. The number of amides is 2. The van der Waals surface area contributed by atoms with Crippen molar-refractivity contribution in [2.45, 2.75) is 52.0 Å². The van der Waals surface area contributed by atoms with Crippen LogP contribution in [-0.4, -0.2) is 46.0 Å². The van der Waals surface area contributed by atoms with Gasteiger partial charge in [0.15, 0.2) is 17.2 Å². The number of anilines is 1. The van der Waals surface area contributed by atoms with E-state index >= 15 is 0 Å². The molecule has 1 aromatic heterocycles. The van der Waals surface area contributed by atoms with E-state index in [2.05, 4.69) is 24.1 Å². The Balaban J connectivity index is 1.51. The Morgan fingerprint density at radius 2 is 1.92 bits per heavy atom. The Bertz CT molecular complexity index is 1230. The molecule has 1 N–H and O–H groups in total. The molecule has 4 rings (SSSR count). The van der Waals surface area contributed by atoms with Crippen LogP contribution < -0.4 is 14.8 Å². The number of carbonyl (C=O) groups is 2. The van der Waals surface area contributed by atoms with Gasteiger partial charge in [0, 0.05) is 42.8 Å². The van der Waals surface area contributed by atoms with Gasteiger partial charge in [0.05, 0.1) is 18.8 Å². The van der Waals surface area contributed by atoms with E-state index in [9.17, 15) is 9.59 Å². The summed E-state index contributed by atoms with van der Waals surface area (Å²) in [5.41, 5.74) is 0.426. The van der Waals surface area contributed by atoms with E-state index < -0.39 is 0 Å². The summed E-state index contributed by atoms with van der Waals surface area (Å²) < 4.78 is 14.1. The van der Waals surface area contributed by atoms with Crippen LogP contribution >= 0.6 is 11.6 Å². The third-order valence-electron chi connectivity index (χ3n) is 6.13. The van der Waals surface area contributed by atoms with Gasteiger partial charge in [0.1, 0.15) is 5.82 Å². The molecule has 0 saturated carbocycles. The first-order valence-electron chi connectivity index (χ1n) is 12.7. The van der Waals surface area contributed by atoms with Crippen LogP contribution in [0, 0.1) is 0 Å². The van der Waals surface area contributed by atoms with Crippen molar-refractivity contribution in [2.24, 2.45) is 0 Å². The lowest BCUT2D eigenvalue weighted by atomic mass is 10.2. The first kappa shape index (κ1) is 26.5. The van der Waals surface area contributed by atoms with Crippen LogP contribution in [-0.2, 0) is 16.1 Å². The highest BCUT2D eigenvalue weighted by Crippen LogP contribution is 2.36. The maximum atomic E-state index is 13.2. The largest absolute Gasteiger partial charge is 0.490 e. The maximum absolute atomic E-state index is 13.2. The van der Waals surface area contributed by atoms with Gasteiger partial charge in [-0.1, -0.05) is 37.6 Å². The molecule has 2 aromatic carbocycles. The lowest BCUT2D eigenvalue weighted by Crippen LogP contribution is -2.39. The van der Waals surface area contributed by atoms with Crippen LogP contribution in [0.5, 0.6) is 17.2 Å². The minimum absolute atomic E-state index is 0.0567. The van der Waals surface area contributed by atoms with Crippen molar-refractivity contribution in [3.8, 4) is 17.2 Å². The molecule has 37 heavy (non-hydrogen) atoms. The number of carbonyl (C=O) groups excluding carboxylic acids is 2. The predicted octanol–water partition coefficient (Wildman–Crippen LogP) is 5.87. The summed E-state index contributed by atoms with van der Waals surface area (Å²) in [7, 11) is 0. The Kier molecular flexibility index (Phi) is 9.06. The molecular formula is C28H33ClN4O4. The third-order valence-corrected chi connectivity index (χ3v) is 6.37. The minimum atomic E-state index is -0.314. The number of rotatable bonds is 4. The molecule has 2 heterocycles. The molecule has 196 valence electrons. The van der Waals surface area contributed by atoms with Crippen LogP contribution in [0.25, 0.3) is 0 Å². The van der Waals surface area contributed by atoms with Crippen LogP contribution in [0.4, 0.5) is 5.69 Å². The Labute approximate surface area is 222 Å². The fourth-order valence-electron chi connectivity index (χ4n) is 4.26. The van der Waals surface area contributed by atoms with Gasteiger partial charge in [-0.3, -0.25) is 9.59 Å². The van der Waals surface area contributed by atoms with Crippen LogP contribution in [0.15, 0.2) is 54.9 Å². The number of fused-ring (bicyclic) bond motifs is 2. The number of nitrogens with one attached hydrogen (secondary N) is 1. The maximum Gasteiger partial charge on any atom is 0.244 e. The second-order valence-corrected chi connectivity index (χ2v) is 9.78. The molecular weight excluding hydrogens is 492 g/mol. The monoisotopic (exact) mass is 524 g/mol. The van der Waals surface area contributed by atoms with E-state index in [1.165, 1.54) is 0 Å². The summed E-state index contributed by atoms with van der Waals surface area (Å²) in [6.07, 6.45) is 6.38. The summed E-state index contributed by atoms with van der Waals surface area (Å²) in [6.45, 7) is 5.62. The molecule has 0 atom stereocenters. The van der Waals surface area contributed by atoms with E-state index in [0.717, 1.165) is 25.1 Å². The zero-order valence-electron chi connectivity index (χ0n) is 21.3. The lowest BCUT2D eigenvalue weighted by molar-refractivity contribution is -0.135. The van der Waals surface area contributed by atoms with Crippen molar-refractivity contribution in [1.82, 2.24) is 14.5 Å². The molecule has 0 unspecified atom stereocenters. The summed E-state index contributed by atoms with van der Waals surface area (Å²) >= 11 is 6.22. The number of nitrogens with zero attached hydrogens (tertiary/aromatic N) is 3. The highest BCUT2D eigenvalue weighted by Gasteiger charge is 2.20. The van der Waals surface area contributed by atoms with Crippen molar-refractivity contribution >= 4 is 29.1 Å². The first-order chi connectivity index (χ1) is 17.9. The second-order valence-electron chi connectivity index (χ2n) is 9.35. The van der Waals surface area contributed by atoms with Gasteiger partial charge in [-0.05, 0) is 49.6 Å². The average molecular weight is 525 g/mol. The molecule has 0 radical (unpaired) electrons. The quantitative estimate of drug-likeness (QED) is 0.461. The van der Waals surface area contributed by atoms with Gasteiger partial charge >= 0.3 is 0 Å². The van der Waals surface area contributed by atoms with E-state index in [1.54, 1.807) is 29.3 Å². The molecule has 1 aliphatic rings. The Morgan fingerprint density at radius 3 is 2.73 bits per heavy atom. The van der Waals surface area contributed by atoms with Gasteiger partial charge in [-0.15, -0.1) is 0 Å². The SMILES string of the molecule is CC(C)c1nccn1CCC(=O)N1CCCCCOc2ccccc2Oc2ccc(Cl)cc2NC(=O)C1. The molecule has 0 spiro atoms. The van der Waals surface area contributed by atoms with Crippen molar-refractivity contribution in [2.75, 3.05) is 25.0 Å². The van der Waals surface area contributed by atoms with Crippen LogP contribution in [0.3, 0.4) is 0 Å². The molecule has 0 fully saturated rings. The fourth-order valence-corrected chi connectivity index (χ4v) is 4.44. The zero-order chi connectivity index (χ0) is 26.2. The highest BCUT2D eigenvalue weighted by atomic mass is 35.5. The Morgan fingerprint density at radius 1 is 1.11 bits per heavy atom. The molecule has 0 saturated heterocycles. The molecule has 0 bridgehead atoms. The Hall–Kier alpha value is -3.52. The van der Waals surface area contributed by atoms with Gasteiger partial charge in [0.25, 0.3) is 0 Å². The van der Waals surface area contributed by atoms with E-state index in [0.29, 0.717) is 47.7 Å². The number of imidazole rings is 1. The van der Waals surface area contributed by atoms with Crippen LogP contribution in [0.2, 0.25) is 5.02 Å². The number of hydrogen-bond acceptors (Lipinski definition) is 5. The zero-order valence-corrected chi connectivity index (χ0v) is 22.0. The number of benzene rings is 2. The van der Waals surface area contributed by atoms with Crippen molar-refractivity contribution in [3.05, 3.63) is 65.7 Å². The fraction of sp³-hybridized carbons (Fsp3) is 0.393. The molecule has 1 aliphatic heterocycles. The van der Waals surface area contributed by atoms with E-state index in [1.807, 2.05) is 35.0 Å². The topological polar surface area (TPSA) is 85.7 Å². The summed E-state index contributed by atoms with van der Waals surface area (Å²) in [5.74, 6) is 2.42. The lowest BCUT2D eigenvalue weighted by Gasteiger charge is -2.23. The van der Waals surface area contributed by atoms with Crippen molar-refractivity contribution in [3.63, 3.8) is 0 Å². The second kappa shape index (κ2) is 12.6. The van der Waals surface area contributed by atoms with Gasteiger partial charge in [0.2, 0.25) is 11.8 Å². The molecule has 9 heteroatoms. The number of para-hydroxylation sites is 2. The van der Waals surface area contributed by atoms with E-state index in [4.69, 9.17) is 21.1 Å².